The number of amides is 1. The second-order valence-corrected chi connectivity index (χ2v) is 9.82. The summed E-state index contributed by atoms with van der Waals surface area (Å²) in [4.78, 5) is 18.1. The minimum Gasteiger partial charge on any atom is -0.497 e. The predicted octanol–water partition coefficient (Wildman–Crippen LogP) is 2.67. The highest BCUT2D eigenvalue weighted by Gasteiger charge is 2.37. The van der Waals surface area contributed by atoms with Gasteiger partial charge in [0.2, 0.25) is 0 Å². The van der Waals surface area contributed by atoms with E-state index in [4.69, 9.17) is 9.47 Å². The standard InChI is InChI=1S/C24H26FN5O5S/c1-29(2)22-6-4-5-21(27-22)26-13-17-11-19(25)24(30-14-23(31)28-36(30,32)33)20(12-17)35-15-16-7-9-18(34-3)10-8-16/h4-12H,13-15H2,1-3H3,(H,26,27)(H,28,31). The van der Waals surface area contributed by atoms with E-state index in [1.807, 2.05) is 35.9 Å². The Morgan fingerprint density at radius 1 is 1.14 bits per heavy atom. The first-order chi connectivity index (χ1) is 17.2. The van der Waals surface area contributed by atoms with Crippen LogP contribution >= 0.6 is 0 Å². The summed E-state index contributed by atoms with van der Waals surface area (Å²) in [5.74, 6) is 0.392. The van der Waals surface area contributed by atoms with Gasteiger partial charge in [-0.3, -0.25) is 4.79 Å². The highest BCUT2D eigenvalue weighted by Crippen LogP contribution is 2.36. The van der Waals surface area contributed by atoms with E-state index in [-0.39, 0.29) is 24.6 Å². The Morgan fingerprint density at radius 2 is 1.89 bits per heavy atom. The van der Waals surface area contributed by atoms with E-state index in [0.29, 0.717) is 21.4 Å². The molecule has 1 aromatic heterocycles. The molecule has 1 aliphatic heterocycles. The van der Waals surface area contributed by atoms with Gasteiger partial charge in [-0.15, -0.1) is 0 Å². The number of carbonyl (C=O) groups is 1. The second kappa shape index (κ2) is 10.3. The number of benzene rings is 2. The van der Waals surface area contributed by atoms with Gasteiger partial charge >= 0.3 is 10.2 Å². The summed E-state index contributed by atoms with van der Waals surface area (Å²) in [7, 11) is 1.06. The number of ether oxygens (including phenoxy) is 2. The van der Waals surface area contributed by atoms with Crippen molar-refractivity contribution in [1.82, 2.24) is 9.71 Å². The molecule has 10 nitrogen and oxygen atoms in total. The molecule has 12 heteroatoms. The Bertz CT molecular complexity index is 1370. The van der Waals surface area contributed by atoms with E-state index in [2.05, 4.69) is 10.3 Å². The van der Waals surface area contributed by atoms with Gasteiger partial charge in [-0.1, -0.05) is 18.2 Å². The van der Waals surface area contributed by atoms with Crippen LogP contribution in [0.3, 0.4) is 0 Å². The van der Waals surface area contributed by atoms with Gasteiger partial charge in [0, 0.05) is 20.6 Å². The lowest BCUT2D eigenvalue weighted by molar-refractivity contribution is -0.117. The maximum Gasteiger partial charge on any atom is 0.326 e. The monoisotopic (exact) mass is 515 g/mol. The van der Waals surface area contributed by atoms with E-state index < -0.39 is 28.5 Å². The summed E-state index contributed by atoms with van der Waals surface area (Å²) < 4.78 is 53.8. The molecule has 3 aromatic rings. The zero-order valence-electron chi connectivity index (χ0n) is 20.0. The summed E-state index contributed by atoms with van der Waals surface area (Å²) in [6.07, 6.45) is 0. The number of rotatable bonds is 9. The molecule has 0 atom stereocenters. The number of pyridine rings is 1. The second-order valence-electron chi connectivity index (χ2n) is 8.23. The van der Waals surface area contributed by atoms with Gasteiger partial charge in [0.05, 0.1) is 7.11 Å². The lowest BCUT2D eigenvalue weighted by Gasteiger charge is -2.21. The van der Waals surface area contributed by atoms with Crippen LogP contribution < -0.4 is 28.7 Å². The summed E-state index contributed by atoms with van der Waals surface area (Å²) in [6.45, 7) is -0.310. The number of methoxy groups -OCH3 is 1. The molecule has 0 bridgehead atoms. The summed E-state index contributed by atoms with van der Waals surface area (Å²) in [5.41, 5.74) is 0.918. The van der Waals surface area contributed by atoms with Crippen LogP contribution in [0.5, 0.6) is 11.5 Å². The molecule has 2 heterocycles. The number of halogens is 1. The predicted molar refractivity (Wildman–Crippen MR) is 134 cm³/mol. The smallest absolute Gasteiger partial charge is 0.326 e. The van der Waals surface area contributed by atoms with Crippen molar-refractivity contribution in [3.63, 3.8) is 0 Å². The summed E-state index contributed by atoms with van der Waals surface area (Å²) >= 11 is 0. The largest absolute Gasteiger partial charge is 0.497 e. The topological polar surface area (TPSA) is 113 Å². The van der Waals surface area contributed by atoms with Crippen LogP contribution in [0.2, 0.25) is 0 Å². The molecule has 36 heavy (non-hydrogen) atoms. The third kappa shape index (κ3) is 5.60. The zero-order valence-corrected chi connectivity index (χ0v) is 20.8. The number of nitrogens with zero attached hydrogens (tertiary/aromatic N) is 3. The molecular weight excluding hydrogens is 489 g/mol. The molecule has 1 saturated heterocycles. The molecule has 2 aromatic carbocycles. The molecule has 4 rings (SSSR count). The van der Waals surface area contributed by atoms with Gasteiger partial charge in [0.1, 0.15) is 42.0 Å². The highest BCUT2D eigenvalue weighted by atomic mass is 32.2. The van der Waals surface area contributed by atoms with Crippen molar-refractivity contribution >= 4 is 33.4 Å². The van der Waals surface area contributed by atoms with Crippen LogP contribution in [0.1, 0.15) is 11.1 Å². The van der Waals surface area contributed by atoms with Gasteiger partial charge in [0.25, 0.3) is 5.91 Å². The van der Waals surface area contributed by atoms with Gasteiger partial charge in [-0.2, -0.15) is 8.42 Å². The Labute approximate surface area is 208 Å². The first kappa shape index (κ1) is 25.0. The normalized spacial score (nSPS) is 14.3. The lowest BCUT2D eigenvalue weighted by Crippen LogP contribution is -2.30. The van der Waals surface area contributed by atoms with Crippen molar-refractivity contribution in [2.75, 3.05) is 42.3 Å². The molecule has 190 valence electrons. The SMILES string of the molecule is COc1ccc(COc2cc(CNc3cccc(N(C)C)n3)cc(F)c2N2CC(=O)NS2(=O)=O)cc1. The number of anilines is 3. The maximum absolute atomic E-state index is 15.4. The first-order valence-corrected chi connectivity index (χ1v) is 12.4. The van der Waals surface area contributed by atoms with Crippen LogP contribution in [0.4, 0.5) is 21.7 Å². The van der Waals surface area contributed by atoms with Crippen molar-refractivity contribution < 1.29 is 27.1 Å². The van der Waals surface area contributed by atoms with Crippen LogP contribution in [-0.2, 0) is 28.2 Å². The van der Waals surface area contributed by atoms with Crippen LogP contribution in [0, 0.1) is 5.82 Å². The van der Waals surface area contributed by atoms with Crippen molar-refractivity contribution in [2.24, 2.45) is 0 Å². The van der Waals surface area contributed by atoms with E-state index in [9.17, 15) is 13.2 Å². The summed E-state index contributed by atoms with van der Waals surface area (Å²) in [6, 6.07) is 15.3. The van der Waals surface area contributed by atoms with E-state index in [1.54, 1.807) is 43.5 Å². The molecule has 2 N–H and O–H groups in total. The number of aromatic nitrogens is 1. The summed E-state index contributed by atoms with van der Waals surface area (Å²) in [5, 5.41) is 3.14. The van der Waals surface area contributed by atoms with Gasteiger partial charge in [-0.05, 0) is 47.5 Å². The van der Waals surface area contributed by atoms with Crippen molar-refractivity contribution in [2.45, 2.75) is 13.2 Å². The van der Waals surface area contributed by atoms with E-state index in [1.165, 1.54) is 6.07 Å². The minimum atomic E-state index is -4.24. The van der Waals surface area contributed by atoms with Crippen LogP contribution in [-0.4, -0.2) is 47.1 Å². The average molecular weight is 516 g/mol. The van der Waals surface area contributed by atoms with Crippen molar-refractivity contribution in [3.05, 3.63) is 71.5 Å². The fourth-order valence-corrected chi connectivity index (χ4v) is 4.74. The molecule has 0 saturated carbocycles. The lowest BCUT2D eigenvalue weighted by atomic mass is 10.1. The van der Waals surface area contributed by atoms with E-state index >= 15 is 4.39 Å². The van der Waals surface area contributed by atoms with Crippen molar-refractivity contribution in [3.8, 4) is 11.5 Å². The fraction of sp³-hybridized carbons (Fsp3) is 0.250. The van der Waals surface area contributed by atoms with E-state index in [0.717, 1.165) is 11.4 Å². The Morgan fingerprint density at radius 3 is 2.53 bits per heavy atom. The number of hydrogen-bond donors (Lipinski definition) is 2. The quantitative estimate of drug-likeness (QED) is 0.447. The molecule has 1 aliphatic rings. The molecule has 0 aliphatic carbocycles. The number of nitrogens with one attached hydrogen (secondary N) is 2. The maximum atomic E-state index is 15.4. The third-order valence-electron chi connectivity index (χ3n) is 5.38. The molecule has 0 unspecified atom stereocenters. The van der Waals surface area contributed by atoms with Gasteiger partial charge in [-0.25, -0.2) is 18.4 Å². The fourth-order valence-electron chi connectivity index (χ4n) is 3.57. The Balaban J connectivity index is 1.63. The zero-order chi connectivity index (χ0) is 25.9. The van der Waals surface area contributed by atoms with Crippen LogP contribution in [0.15, 0.2) is 54.6 Å². The number of hydrogen-bond acceptors (Lipinski definition) is 8. The molecule has 0 radical (unpaired) electrons. The highest BCUT2D eigenvalue weighted by molar-refractivity contribution is 7.92. The minimum absolute atomic E-state index is 0.0160. The molecular formula is C24H26FN5O5S. The number of carbonyl (C=O) groups excluding carboxylic acids is 1. The Hall–Kier alpha value is -4.06. The first-order valence-electron chi connectivity index (χ1n) is 11.0. The molecule has 0 spiro atoms. The molecule has 1 amide bonds. The van der Waals surface area contributed by atoms with Crippen LogP contribution in [0.25, 0.3) is 0 Å². The molecule has 1 fully saturated rings. The van der Waals surface area contributed by atoms with Crippen molar-refractivity contribution in [1.29, 1.82) is 0 Å². The Kier molecular flexibility index (Phi) is 7.15. The van der Waals surface area contributed by atoms with Gasteiger partial charge in [0.15, 0.2) is 5.82 Å². The third-order valence-corrected chi connectivity index (χ3v) is 6.75. The average Bonchev–Trinajstić information content (AvgIpc) is 3.12. The van der Waals surface area contributed by atoms with Gasteiger partial charge < -0.3 is 19.7 Å².